The highest BCUT2D eigenvalue weighted by atomic mass is 35.5. The van der Waals surface area contributed by atoms with Crippen LogP contribution in [0.25, 0.3) is 0 Å². The van der Waals surface area contributed by atoms with Crippen molar-refractivity contribution < 1.29 is 9.59 Å². The van der Waals surface area contributed by atoms with Gasteiger partial charge in [-0.2, -0.15) is 10.1 Å². The maximum atomic E-state index is 12.8. The molecule has 0 radical (unpaired) electrons. The molecule has 2 amide bonds. The summed E-state index contributed by atoms with van der Waals surface area (Å²) in [5.74, 6) is -0.529. The number of nitrogens with one attached hydrogen (secondary N) is 1. The molecule has 36 heavy (non-hydrogen) atoms. The maximum absolute atomic E-state index is 12.8. The number of nitrogens with zero attached hydrogens (tertiary/aromatic N) is 3. The van der Waals surface area contributed by atoms with Gasteiger partial charge in [0, 0.05) is 23.6 Å². The smallest absolute Gasteiger partial charge is 0.262 e. The van der Waals surface area contributed by atoms with E-state index >= 15 is 0 Å². The van der Waals surface area contributed by atoms with E-state index in [2.05, 4.69) is 22.4 Å². The third kappa shape index (κ3) is 5.22. The van der Waals surface area contributed by atoms with Crippen molar-refractivity contribution in [1.29, 1.82) is 0 Å². The third-order valence-corrected chi connectivity index (χ3v) is 7.75. The van der Waals surface area contributed by atoms with Crippen LogP contribution in [0.3, 0.4) is 0 Å². The molecule has 182 valence electrons. The molecule has 0 unspecified atom stereocenters. The zero-order valence-corrected chi connectivity index (χ0v) is 21.5. The van der Waals surface area contributed by atoms with Crippen molar-refractivity contribution in [3.8, 4) is 0 Å². The van der Waals surface area contributed by atoms with E-state index in [-0.39, 0.29) is 24.3 Å². The minimum atomic E-state index is -0.585. The number of hydrazone groups is 1. The molecule has 3 aromatic rings. The van der Waals surface area contributed by atoms with Gasteiger partial charge in [-0.25, -0.2) is 5.01 Å². The van der Waals surface area contributed by atoms with Gasteiger partial charge < -0.3 is 5.32 Å². The minimum Gasteiger partial charge on any atom is -0.326 e. The Hall–Kier alpha value is -3.42. The van der Waals surface area contributed by atoms with Crippen LogP contribution in [0.4, 0.5) is 5.69 Å². The van der Waals surface area contributed by atoms with Crippen LogP contribution >= 0.6 is 23.4 Å². The fourth-order valence-electron chi connectivity index (χ4n) is 4.24. The Morgan fingerprint density at radius 1 is 1.06 bits per heavy atom. The molecule has 3 aromatic carbocycles. The highest BCUT2D eigenvalue weighted by Crippen LogP contribution is 2.38. The summed E-state index contributed by atoms with van der Waals surface area (Å²) < 4.78 is 0. The lowest BCUT2D eigenvalue weighted by molar-refractivity contribution is -0.121. The van der Waals surface area contributed by atoms with Gasteiger partial charge in [0.25, 0.3) is 5.91 Å². The van der Waals surface area contributed by atoms with Crippen LogP contribution in [0.5, 0.6) is 0 Å². The number of amidine groups is 1. The molecule has 0 saturated carbocycles. The Balaban J connectivity index is 1.33. The lowest BCUT2D eigenvalue weighted by Gasteiger charge is -2.23. The summed E-state index contributed by atoms with van der Waals surface area (Å²) in [5.41, 5.74) is 5.93. The van der Waals surface area contributed by atoms with Crippen LogP contribution in [0.15, 0.2) is 82.9 Å². The van der Waals surface area contributed by atoms with Gasteiger partial charge in [0.2, 0.25) is 5.91 Å². The van der Waals surface area contributed by atoms with E-state index in [4.69, 9.17) is 16.7 Å². The lowest BCUT2D eigenvalue weighted by atomic mass is 9.99. The summed E-state index contributed by atoms with van der Waals surface area (Å²) in [4.78, 5) is 29.8. The largest absolute Gasteiger partial charge is 0.326 e. The van der Waals surface area contributed by atoms with Crippen molar-refractivity contribution in [2.75, 3.05) is 5.32 Å². The average molecular weight is 517 g/mol. The van der Waals surface area contributed by atoms with Gasteiger partial charge >= 0.3 is 0 Å². The van der Waals surface area contributed by atoms with Gasteiger partial charge in [0.15, 0.2) is 5.17 Å². The molecule has 2 atom stereocenters. The fourth-order valence-corrected chi connectivity index (χ4v) is 5.43. The summed E-state index contributed by atoms with van der Waals surface area (Å²) in [5, 5.41) is 10.2. The number of benzene rings is 3. The molecule has 1 N–H and O–H groups in total. The fraction of sp³-hybridized carbons (Fsp3) is 0.214. The number of rotatable bonds is 5. The molecule has 8 heteroatoms. The Labute approximate surface area is 219 Å². The molecule has 0 bridgehead atoms. The first-order chi connectivity index (χ1) is 17.4. The third-order valence-electron chi connectivity index (χ3n) is 6.36. The summed E-state index contributed by atoms with van der Waals surface area (Å²) in [6.45, 7) is 4.02. The number of halogens is 1. The number of carbonyl (C=O) groups excluding carboxylic acids is 2. The van der Waals surface area contributed by atoms with E-state index in [0.29, 0.717) is 16.6 Å². The summed E-state index contributed by atoms with van der Waals surface area (Å²) >= 11 is 7.37. The van der Waals surface area contributed by atoms with Crippen molar-refractivity contribution in [3.05, 3.63) is 100 Å². The second-order valence-corrected chi connectivity index (χ2v) is 10.5. The molecule has 5 rings (SSSR count). The molecule has 0 aromatic heterocycles. The van der Waals surface area contributed by atoms with E-state index in [1.807, 2.05) is 79.5 Å². The quantitative estimate of drug-likeness (QED) is 0.442. The van der Waals surface area contributed by atoms with E-state index in [9.17, 15) is 9.59 Å². The highest BCUT2D eigenvalue weighted by Gasteiger charge is 2.39. The molecule has 2 aliphatic heterocycles. The first-order valence-electron chi connectivity index (χ1n) is 11.7. The first-order valence-corrected chi connectivity index (χ1v) is 13.0. The number of carbonyl (C=O) groups is 2. The second-order valence-electron chi connectivity index (χ2n) is 8.92. The van der Waals surface area contributed by atoms with Gasteiger partial charge in [0.05, 0.1) is 11.8 Å². The van der Waals surface area contributed by atoms with E-state index in [1.165, 1.54) is 11.8 Å². The van der Waals surface area contributed by atoms with Gasteiger partial charge in [-0.05, 0) is 60.4 Å². The SMILES string of the molecule is Cc1ccc(NC(=O)C[C@@H]2SC(N3N=C(c4ccc(Cl)cc4)C[C@H]3c3ccccc3)=NC2=O)cc1C. The van der Waals surface area contributed by atoms with Crippen molar-refractivity contribution >= 4 is 51.7 Å². The predicted molar refractivity (Wildman–Crippen MR) is 147 cm³/mol. The maximum Gasteiger partial charge on any atom is 0.262 e. The highest BCUT2D eigenvalue weighted by molar-refractivity contribution is 8.15. The first kappa shape index (κ1) is 24.3. The average Bonchev–Trinajstić information content (AvgIpc) is 3.46. The number of amides is 2. The van der Waals surface area contributed by atoms with E-state index in [1.54, 1.807) is 0 Å². The molecular formula is C28H25ClN4O2S. The summed E-state index contributed by atoms with van der Waals surface area (Å²) in [6, 6.07) is 23.3. The second kappa shape index (κ2) is 10.3. The number of aliphatic imine (C=N–C) groups is 1. The van der Waals surface area contributed by atoms with Gasteiger partial charge in [-0.1, -0.05) is 71.9 Å². The number of anilines is 1. The van der Waals surface area contributed by atoms with Crippen molar-refractivity contribution in [2.24, 2.45) is 10.1 Å². The van der Waals surface area contributed by atoms with E-state index in [0.717, 1.165) is 33.7 Å². The van der Waals surface area contributed by atoms with Crippen molar-refractivity contribution in [3.63, 3.8) is 0 Å². The van der Waals surface area contributed by atoms with Crippen LogP contribution in [-0.4, -0.2) is 33.0 Å². The number of thioether (sulfide) groups is 1. The zero-order chi connectivity index (χ0) is 25.2. The number of aryl methyl sites for hydroxylation is 2. The van der Waals surface area contributed by atoms with Gasteiger partial charge in [-0.15, -0.1) is 0 Å². The van der Waals surface area contributed by atoms with Crippen molar-refractivity contribution in [2.45, 2.75) is 38.0 Å². The Morgan fingerprint density at radius 3 is 2.53 bits per heavy atom. The Bertz CT molecular complexity index is 1370. The minimum absolute atomic E-state index is 0.0427. The number of hydrogen-bond donors (Lipinski definition) is 1. The monoisotopic (exact) mass is 516 g/mol. The van der Waals surface area contributed by atoms with Crippen molar-refractivity contribution in [1.82, 2.24) is 5.01 Å². The van der Waals surface area contributed by atoms with Crippen LogP contribution < -0.4 is 5.32 Å². The summed E-state index contributed by atoms with van der Waals surface area (Å²) in [6.07, 6.45) is 0.707. The number of hydrogen-bond acceptors (Lipinski definition) is 5. The molecule has 2 aliphatic rings. The predicted octanol–water partition coefficient (Wildman–Crippen LogP) is 6.13. The lowest BCUT2D eigenvalue weighted by Crippen LogP contribution is -2.25. The van der Waals surface area contributed by atoms with Crippen LogP contribution in [-0.2, 0) is 9.59 Å². The molecular weight excluding hydrogens is 492 g/mol. The van der Waals surface area contributed by atoms with Crippen LogP contribution in [0, 0.1) is 13.8 Å². The van der Waals surface area contributed by atoms with Gasteiger partial charge in [0.1, 0.15) is 5.25 Å². The molecule has 6 nitrogen and oxygen atoms in total. The Kier molecular flexibility index (Phi) is 6.94. The molecule has 2 heterocycles. The molecule has 0 spiro atoms. The molecule has 0 fully saturated rings. The van der Waals surface area contributed by atoms with Crippen LogP contribution in [0.1, 0.15) is 41.1 Å². The zero-order valence-electron chi connectivity index (χ0n) is 19.9. The molecule has 0 aliphatic carbocycles. The molecule has 0 saturated heterocycles. The standard InChI is InChI=1S/C28H25ClN4O2S/c1-17-8-13-22(14-18(17)2)30-26(34)16-25-27(35)31-28(36-25)33-24(20-6-4-3-5-7-20)15-23(32-33)19-9-11-21(29)12-10-19/h3-14,24-25H,15-16H2,1-2H3,(H,30,34)/t24-,25-/m0/s1. The van der Waals surface area contributed by atoms with Crippen LogP contribution in [0.2, 0.25) is 5.02 Å². The van der Waals surface area contributed by atoms with Gasteiger partial charge in [-0.3, -0.25) is 9.59 Å². The Morgan fingerprint density at radius 2 is 1.81 bits per heavy atom. The van der Waals surface area contributed by atoms with E-state index < -0.39 is 5.25 Å². The summed E-state index contributed by atoms with van der Waals surface area (Å²) in [7, 11) is 0. The normalized spacial score (nSPS) is 19.3. The topological polar surface area (TPSA) is 74.1 Å².